The molecule has 0 aromatic heterocycles. The molecule has 1 aromatic carbocycles. The molecule has 0 bridgehead atoms. The van der Waals surface area contributed by atoms with Crippen LogP contribution < -0.4 is 4.74 Å². The van der Waals surface area contributed by atoms with Gasteiger partial charge in [0.1, 0.15) is 0 Å². The Bertz CT molecular complexity index is 459. The topological polar surface area (TPSA) is 46.5 Å². The van der Waals surface area contributed by atoms with Gasteiger partial charge in [0.2, 0.25) is 0 Å². The van der Waals surface area contributed by atoms with E-state index < -0.39 is 36.7 Å². The fraction of sp³-hybridized carbons (Fsp3) is 0.300. The minimum atomic E-state index is -4.39. The zero-order valence-electron chi connectivity index (χ0n) is 8.72. The Hall–Kier alpha value is -1.31. The van der Waals surface area contributed by atoms with Crippen LogP contribution in [0.5, 0.6) is 5.75 Å². The van der Waals surface area contributed by atoms with Crippen molar-refractivity contribution in [1.82, 2.24) is 0 Å². The first-order valence-electron chi connectivity index (χ1n) is 4.63. The molecule has 0 saturated heterocycles. The normalized spacial score (nSPS) is 11.4. The van der Waals surface area contributed by atoms with Gasteiger partial charge >= 0.3 is 12.1 Å². The summed E-state index contributed by atoms with van der Waals surface area (Å²) >= 11 is 2.70. The Kier molecular flexibility index (Phi) is 4.55. The lowest BCUT2D eigenvalue weighted by Crippen LogP contribution is -2.13. The average Bonchev–Trinajstić information content (AvgIpc) is 2.22. The van der Waals surface area contributed by atoms with Crippen molar-refractivity contribution in [2.24, 2.45) is 0 Å². The van der Waals surface area contributed by atoms with Crippen molar-refractivity contribution in [3.63, 3.8) is 0 Å². The Morgan fingerprint density at radius 2 is 2.00 bits per heavy atom. The largest absolute Gasteiger partial charge is 0.490 e. The van der Waals surface area contributed by atoms with Crippen LogP contribution in [-0.4, -0.2) is 23.9 Å². The van der Waals surface area contributed by atoms with E-state index >= 15 is 0 Å². The first-order valence-corrected chi connectivity index (χ1v) is 5.42. The van der Waals surface area contributed by atoms with Crippen LogP contribution in [0.1, 0.15) is 16.8 Å². The average molecular weight is 331 g/mol. The van der Waals surface area contributed by atoms with E-state index in [-0.39, 0.29) is 10.0 Å². The summed E-state index contributed by atoms with van der Waals surface area (Å²) in [6.45, 7) is -0.737. The molecule has 0 spiro atoms. The third-order valence-electron chi connectivity index (χ3n) is 1.92. The number of carboxylic acids is 1. The smallest absolute Gasteiger partial charge is 0.392 e. The maximum atomic E-state index is 13.5. The van der Waals surface area contributed by atoms with E-state index in [0.717, 1.165) is 12.1 Å². The van der Waals surface area contributed by atoms with Gasteiger partial charge in [0.05, 0.1) is 23.1 Å². The van der Waals surface area contributed by atoms with Crippen LogP contribution in [0.2, 0.25) is 0 Å². The van der Waals surface area contributed by atoms with Gasteiger partial charge in [-0.2, -0.15) is 13.2 Å². The maximum Gasteiger partial charge on any atom is 0.392 e. The second kappa shape index (κ2) is 5.55. The molecule has 0 aliphatic heterocycles. The molecule has 0 atom stereocenters. The predicted octanol–water partition coefficient (Wildman–Crippen LogP) is 3.62. The standard InChI is InChI=1S/C10H7BrF4O3/c11-7-5(9(16)17)1-2-6(8(7)12)18-4-3-10(13,14)15/h1-2H,3-4H2,(H,16,17). The molecule has 1 rings (SSSR count). The number of carbonyl (C=O) groups is 1. The molecule has 0 saturated carbocycles. The summed E-state index contributed by atoms with van der Waals surface area (Å²) in [4.78, 5) is 10.6. The zero-order valence-corrected chi connectivity index (χ0v) is 10.3. The van der Waals surface area contributed by atoms with E-state index in [0.29, 0.717) is 0 Å². The van der Waals surface area contributed by atoms with Gasteiger partial charge in [0.15, 0.2) is 11.6 Å². The fourth-order valence-corrected chi connectivity index (χ4v) is 1.58. The second-order valence-electron chi connectivity index (χ2n) is 3.26. The van der Waals surface area contributed by atoms with Gasteiger partial charge in [0, 0.05) is 0 Å². The Balaban J connectivity index is 2.80. The van der Waals surface area contributed by atoms with Gasteiger partial charge in [-0.1, -0.05) is 0 Å². The highest BCUT2D eigenvalue weighted by Crippen LogP contribution is 2.29. The van der Waals surface area contributed by atoms with Crippen LogP contribution in [0, 0.1) is 5.82 Å². The molecule has 3 nitrogen and oxygen atoms in total. The van der Waals surface area contributed by atoms with E-state index in [2.05, 4.69) is 20.7 Å². The number of halogens is 5. The first-order chi connectivity index (χ1) is 8.22. The zero-order chi connectivity index (χ0) is 13.9. The number of rotatable bonds is 4. The van der Waals surface area contributed by atoms with Gasteiger partial charge in [-0.05, 0) is 28.1 Å². The summed E-state index contributed by atoms with van der Waals surface area (Å²) in [6, 6.07) is 2.01. The molecule has 1 aromatic rings. The van der Waals surface area contributed by atoms with Crippen LogP contribution in [0.3, 0.4) is 0 Å². The van der Waals surface area contributed by atoms with Crippen LogP contribution in [0.4, 0.5) is 17.6 Å². The van der Waals surface area contributed by atoms with Crippen LogP contribution in [0.25, 0.3) is 0 Å². The molecule has 8 heteroatoms. The predicted molar refractivity (Wildman–Crippen MR) is 57.2 cm³/mol. The van der Waals surface area contributed by atoms with Gasteiger partial charge in [-0.25, -0.2) is 9.18 Å². The van der Waals surface area contributed by atoms with Crippen molar-refractivity contribution in [3.05, 3.63) is 28.0 Å². The van der Waals surface area contributed by atoms with E-state index in [4.69, 9.17) is 5.11 Å². The van der Waals surface area contributed by atoms with Crippen molar-refractivity contribution in [3.8, 4) is 5.75 Å². The highest BCUT2D eigenvalue weighted by Gasteiger charge is 2.27. The minimum Gasteiger partial charge on any atom is -0.490 e. The van der Waals surface area contributed by atoms with Gasteiger partial charge in [-0.15, -0.1) is 0 Å². The first kappa shape index (κ1) is 14.7. The van der Waals surface area contributed by atoms with E-state index in [1.165, 1.54) is 0 Å². The third kappa shape index (κ3) is 3.86. The Morgan fingerprint density at radius 3 is 2.50 bits per heavy atom. The van der Waals surface area contributed by atoms with Crippen molar-refractivity contribution in [1.29, 1.82) is 0 Å². The SMILES string of the molecule is O=C(O)c1ccc(OCCC(F)(F)F)c(F)c1Br. The lowest BCUT2D eigenvalue weighted by Gasteiger charge is -2.10. The highest BCUT2D eigenvalue weighted by molar-refractivity contribution is 9.10. The fourth-order valence-electron chi connectivity index (χ4n) is 1.09. The van der Waals surface area contributed by atoms with Gasteiger partial charge in [-0.3, -0.25) is 0 Å². The molecule has 1 N–H and O–H groups in total. The van der Waals surface area contributed by atoms with Crippen molar-refractivity contribution in [2.45, 2.75) is 12.6 Å². The van der Waals surface area contributed by atoms with Gasteiger partial charge in [0.25, 0.3) is 0 Å². The van der Waals surface area contributed by atoms with E-state index in [1.807, 2.05) is 0 Å². The van der Waals surface area contributed by atoms with E-state index in [9.17, 15) is 22.4 Å². The molecule has 0 aliphatic carbocycles. The summed E-state index contributed by atoms with van der Waals surface area (Å²) < 4.78 is 53.3. The second-order valence-corrected chi connectivity index (χ2v) is 4.05. The van der Waals surface area contributed by atoms with Gasteiger partial charge < -0.3 is 9.84 Å². The molecular formula is C10H7BrF4O3. The van der Waals surface area contributed by atoms with Crippen LogP contribution in [0.15, 0.2) is 16.6 Å². The molecule has 100 valence electrons. The molecule has 0 fully saturated rings. The summed E-state index contributed by atoms with van der Waals surface area (Å²) in [6.07, 6.45) is -5.61. The lowest BCUT2D eigenvalue weighted by molar-refractivity contribution is -0.139. The number of carboxylic acid groups (broad SMARTS) is 1. The molecule has 0 aliphatic rings. The van der Waals surface area contributed by atoms with Crippen LogP contribution >= 0.6 is 15.9 Å². The Morgan fingerprint density at radius 1 is 1.39 bits per heavy atom. The highest BCUT2D eigenvalue weighted by atomic mass is 79.9. The number of alkyl halides is 3. The molecule has 0 radical (unpaired) electrons. The summed E-state index contributed by atoms with van der Waals surface area (Å²) in [5.41, 5.74) is -0.337. The number of hydrogen-bond donors (Lipinski definition) is 1. The lowest BCUT2D eigenvalue weighted by atomic mass is 10.2. The summed E-state index contributed by atoms with van der Waals surface area (Å²) in [5.74, 6) is -2.84. The molecular weight excluding hydrogens is 324 g/mol. The number of benzene rings is 1. The van der Waals surface area contributed by atoms with E-state index in [1.54, 1.807) is 0 Å². The monoisotopic (exact) mass is 330 g/mol. The van der Waals surface area contributed by atoms with Crippen molar-refractivity contribution >= 4 is 21.9 Å². The molecule has 0 heterocycles. The third-order valence-corrected chi connectivity index (χ3v) is 2.70. The molecule has 0 amide bonds. The quantitative estimate of drug-likeness (QED) is 0.858. The molecule has 0 unspecified atom stereocenters. The minimum absolute atomic E-state index is 0.337. The summed E-state index contributed by atoms with van der Waals surface area (Å²) in [5, 5.41) is 8.68. The van der Waals surface area contributed by atoms with Crippen LogP contribution in [-0.2, 0) is 0 Å². The van der Waals surface area contributed by atoms with Crippen molar-refractivity contribution in [2.75, 3.05) is 6.61 Å². The number of aromatic carboxylic acids is 1. The number of ether oxygens (including phenoxy) is 1. The molecule has 18 heavy (non-hydrogen) atoms. The number of hydrogen-bond acceptors (Lipinski definition) is 2. The Labute approximate surface area is 107 Å². The summed E-state index contributed by atoms with van der Waals surface area (Å²) in [7, 11) is 0. The maximum absolute atomic E-state index is 13.5. The van der Waals surface area contributed by atoms with Crippen molar-refractivity contribution < 1.29 is 32.2 Å².